The van der Waals surface area contributed by atoms with Gasteiger partial charge in [0, 0.05) is 6.54 Å². The normalized spacial score (nSPS) is 10.8. The lowest BCUT2D eigenvalue weighted by Crippen LogP contribution is -2.27. The summed E-state index contributed by atoms with van der Waals surface area (Å²) in [6, 6.07) is 4.87. The monoisotopic (exact) mass is 352 g/mol. The number of nitrogens with one attached hydrogen (secondary N) is 2. The van der Waals surface area contributed by atoms with Crippen molar-refractivity contribution in [1.29, 1.82) is 0 Å². The summed E-state index contributed by atoms with van der Waals surface area (Å²) in [4.78, 5) is 17.9. The molecule has 0 saturated heterocycles. The standard InChI is InChI=1S/C17H19F3N4O/c1-24(2)9-3-8-21-17(25)14-6-4-11(10-22-14)23-13-7-5-12(18)15(19)16(13)20/h4-7,10,23H,3,8-9H2,1-2H3,(H,21,25). The van der Waals surface area contributed by atoms with Crippen LogP contribution in [0.3, 0.4) is 0 Å². The molecule has 0 spiro atoms. The van der Waals surface area contributed by atoms with Crippen LogP contribution in [0.15, 0.2) is 30.5 Å². The van der Waals surface area contributed by atoms with E-state index in [1.54, 1.807) is 0 Å². The lowest BCUT2D eigenvalue weighted by atomic mass is 10.2. The fourth-order valence-electron chi connectivity index (χ4n) is 2.07. The first kappa shape index (κ1) is 18.7. The molecule has 1 heterocycles. The average molecular weight is 352 g/mol. The van der Waals surface area contributed by atoms with E-state index in [-0.39, 0.29) is 17.3 Å². The summed E-state index contributed by atoms with van der Waals surface area (Å²) in [6.07, 6.45) is 2.13. The molecule has 0 aliphatic carbocycles. The third-order valence-electron chi connectivity index (χ3n) is 3.38. The molecule has 0 atom stereocenters. The Balaban J connectivity index is 1.96. The molecule has 0 radical (unpaired) electrons. The summed E-state index contributed by atoms with van der Waals surface area (Å²) >= 11 is 0. The maximum atomic E-state index is 13.6. The molecule has 2 N–H and O–H groups in total. The Kier molecular flexibility index (Phi) is 6.35. The smallest absolute Gasteiger partial charge is 0.269 e. The Bertz CT molecular complexity index is 735. The first-order chi connectivity index (χ1) is 11.9. The molecule has 2 aromatic rings. The van der Waals surface area contributed by atoms with Crippen molar-refractivity contribution in [2.75, 3.05) is 32.5 Å². The van der Waals surface area contributed by atoms with Crippen LogP contribution in [0.2, 0.25) is 0 Å². The number of benzene rings is 1. The molecule has 0 saturated carbocycles. The zero-order chi connectivity index (χ0) is 18.4. The van der Waals surface area contributed by atoms with Crippen LogP contribution < -0.4 is 10.6 Å². The Hall–Kier alpha value is -2.61. The molecule has 2 rings (SSSR count). The van der Waals surface area contributed by atoms with Gasteiger partial charge in [0.05, 0.1) is 17.6 Å². The van der Waals surface area contributed by atoms with Gasteiger partial charge < -0.3 is 15.5 Å². The van der Waals surface area contributed by atoms with Crippen LogP contribution in [-0.2, 0) is 0 Å². The van der Waals surface area contributed by atoms with E-state index in [2.05, 4.69) is 15.6 Å². The highest BCUT2D eigenvalue weighted by molar-refractivity contribution is 5.92. The van der Waals surface area contributed by atoms with Crippen LogP contribution in [0.5, 0.6) is 0 Å². The Morgan fingerprint density at radius 3 is 2.52 bits per heavy atom. The molecule has 8 heteroatoms. The van der Waals surface area contributed by atoms with Crippen LogP contribution in [0, 0.1) is 17.5 Å². The predicted molar refractivity (Wildman–Crippen MR) is 89.3 cm³/mol. The number of amides is 1. The number of carbonyl (C=O) groups excluding carboxylic acids is 1. The van der Waals surface area contributed by atoms with Crippen molar-refractivity contribution in [1.82, 2.24) is 15.2 Å². The zero-order valence-corrected chi connectivity index (χ0v) is 13.9. The van der Waals surface area contributed by atoms with Gasteiger partial charge in [-0.1, -0.05) is 0 Å². The summed E-state index contributed by atoms with van der Waals surface area (Å²) in [5.74, 6) is -4.44. The molecule has 1 aromatic heterocycles. The summed E-state index contributed by atoms with van der Waals surface area (Å²) < 4.78 is 39.7. The number of hydrogen-bond donors (Lipinski definition) is 2. The summed E-state index contributed by atoms with van der Waals surface area (Å²) in [7, 11) is 3.90. The second-order valence-corrected chi connectivity index (χ2v) is 5.69. The van der Waals surface area contributed by atoms with E-state index in [9.17, 15) is 18.0 Å². The van der Waals surface area contributed by atoms with Crippen LogP contribution in [0.25, 0.3) is 0 Å². The van der Waals surface area contributed by atoms with E-state index in [1.165, 1.54) is 18.3 Å². The maximum absolute atomic E-state index is 13.6. The second kappa shape index (κ2) is 8.48. The average Bonchev–Trinajstić information content (AvgIpc) is 2.59. The number of halogens is 3. The van der Waals surface area contributed by atoms with Gasteiger partial charge in [0.15, 0.2) is 17.5 Å². The molecule has 0 aliphatic rings. The van der Waals surface area contributed by atoms with Gasteiger partial charge in [-0.3, -0.25) is 4.79 Å². The first-order valence-corrected chi connectivity index (χ1v) is 7.68. The quantitative estimate of drug-likeness (QED) is 0.594. The molecular formula is C17H19F3N4O. The van der Waals surface area contributed by atoms with Crippen LogP contribution in [0.1, 0.15) is 16.9 Å². The highest BCUT2D eigenvalue weighted by Crippen LogP contribution is 2.23. The van der Waals surface area contributed by atoms with Crippen LogP contribution in [0.4, 0.5) is 24.5 Å². The van der Waals surface area contributed by atoms with Crippen molar-refractivity contribution >= 4 is 17.3 Å². The lowest BCUT2D eigenvalue weighted by Gasteiger charge is -2.10. The van der Waals surface area contributed by atoms with E-state index in [0.717, 1.165) is 25.1 Å². The van der Waals surface area contributed by atoms with Gasteiger partial charge >= 0.3 is 0 Å². The fraction of sp³-hybridized carbons (Fsp3) is 0.294. The van der Waals surface area contributed by atoms with E-state index in [4.69, 9.17) is 0 Å². The molecule has 0 bridgehead atoms. The van der Waals surface area contributed by atoms with Gasteiger partial charge in [-0.05, 0) is 51.3 Å². The number of rotatable bonds is 7. The van der Waals surface area contributed by atoms with E-state index >= 15 is 0 Å². The Labute approximate surface area is 143 Å². The van der Waals surface area contributed by atoms with Crippen molar-refractivity contribution in [2.45, 2.75) is 6.42 Å². The van der Waals surface area contributed by atoms with Gasteiger partial charge in [-0.15, -0.1) is 0 Å². The Morgan fingerprint density at radius 1 is 1.12 bits per heavy atom. The number of hydrogen-bond acceptors (Lipinski definition) is 4. The number of carbonyl (C=O) groups is 1. The fourth-order valence-corrected chi connectivity index (χ4v) is 2.07. The first-order valence-electron chi connectivity index (χ1n) is 7.68. The number of nitrogens with zero attached hydrogens (tertiary/aromatic N) is 2. The van der Waals surface area contributed by atoms with Gasteiger partial charge in [0.1, 0.15) is 5.69 Å². The molecule has 1 amide bonds. The molecular weight excluding hydrogens is 333 g/mol. The maximum Gasteiger partial charge on any atom is 0.269 e. The third-order valence-corrected chi connectivity index (χ3v) is 3.38. The van der Waals surface area contributed by atoms with Gasteiger partial charge in [-0.2, -0.15) is 0 Å². The number of anilines is 2. The number of pyridine rings is 1. The summed E-state index contributed by atoms with van der Waals surface area (Å²) in [6.45, 7) is 1.38. The van der Waals surface area contributed by atoms with Crippen LogP contribution in [-0.4, -0.2) is 43.0 Å². The SMILES string of the molecule is CN(C)CCCNC(=O)c1ccc(Nc2ccc(F)c(F)c2F)cn1. The minimum Gasteiger partial charge on any atom is -0.352 e. The highest BCUT2D eigenvalue weighted by atomic mass is 19.2. The highest BCUT2D eigenvalue weighted by Gasteiger charge is 2.14. The van der Waals surface area contributed by atoms with Crippen molar-refractivity contribution in [2.24, 2.45) is 0 Å². The van der Waals surface area contributed by atoms with Crippen LogP contribution >= 0.6 is 0 Å². The number of aromatic nitrogens is 1. The minimum atomic E-state index is -1.55. The van der Waals surface area contributed by atoms with Gasteiger partial charge in [-0.25, -0.2) is 18.2 Å². The summed E-state index contributed by atoms with van der Waals surface area (Å²) in [5.41, 5.74) is 0.330. The third kappa shape index (κ3) is 5.18. The summed E-state index contributed by atoms with van der Waals surface area (Å²) in [5, 5.41) is 5.34. The molecule has 5 nitrogen and oxygen atoms in total. The van der Waals surface area contributed by atoms with E-state index in [1.807, 2.05) is 19.0 Å². The molecule has 134 valence electrons. The van der Waals surface area contributed by atoms with Crippen molar-refractivity contribution in [3.8, 4) is 0 Å². The van der Waals surface area contributed by atoms with Gasteiger partial charge in [0.2, 0.25) is 0 Å². The van der Waals surface area contributed by atoms with Gasteiger partial charge in [0.25, 0.3) is 5.91 Å². The second-order valence-electron chi connectivity index (χ2n) is 5.69. The molecule has 0 aliphatic heterocycles. The van der Waals surface area contributed by atoms with E-state index < -0.39 is 17.5 Å². The predicted octanol–water partition coefficient (Wildman–Crippen LogP) is 2.92. The molecule has 0 unspecified atom stereocenters. The van der Waals surface area contributed by atoms with Crippen molar-refractivity contribution < 1.29 is 18.0 Å². The zero-order valence-electron chi connectivity index (χ0n) is 13.9. The topological polar surface area (TPSA) is 57.3 Å². The van der Waals surface area contributed by atoms with Crippen molar-refractivity contribution in [3.05, 3.63) is 53.6 Å². The molecule has 0 fully saturated rings. The largest absolute Gasteiger partial charge is 0.352 e. The lowest BCUT2D eigenvalue weighted by molar-refractivity contribution is 0.0947. The molecule has 1 aromatic carbocycles. The Morgan fingerprint density at radius 2 is 1.88 bits per heavy atom. The minimum absolute atomic E-state index is 0.209. The van der Waals surface area contributed by atoms with E-state index in [0.29, 0.717) is 12.2 Å². The van der Waals surface area contributed by atoms with Crippen molar-refractivity contribution in [3.63, 3.8) is 0 Å². The molecule has 25 heavy (non-hydrogen) atoms.